The topological polar surface area (TPSA) is 72.9 Å². The van der Waals surface area contributed by atoms with Crippen molar-refractivity contribution in [2.24, 2.45) is 17.6 Å². The quantitative estimate of drug-likeness (QED) is 0.854. The van der Waals surface area contributed by atoms with Crippen molar-refractivity contribution in [1.29, 1.82) is 0 Å². The molecule has 21 heavy (non-hydrogen) atoms. The molecule has 0 saturated carbocycles. The Morgan fingerprint density at radius 3 is 2.81 bits per heavy atom. The van der Waals surface area contributed by atoms with Crippen LogP contribution in [0.1, 0.15) is 19.4 Å². The van der Waals surface area contributed by atoms with Crippen molar-refractivity contribution in [3.8, 4) is 0 Å². The summed E-state index contributed by atoms with van der Waals surface area (Å²) in [5.74, 6) is 0.0331. The minimum absolute atomic E-state index is 0.0243. The van der Waals surface area contributed by atoms with Gasteiger partial charge in [0.15, 0.2) is 0 Å². The molecular weight excluding hydrogens is 264 g/mol. The van der Waals surface area contributed by atoms with Gasteiger partial charge in [-0.1, -0.05) is 26.0 Å². The van der Waals surface area contributed by atoms with Crippen LogP contribution in [0.5, 0.6) is 0 Å². The maximum absolute atomic E-state index is 12.2. The number of anilines is 1. The molecule has 5 nitrogen and oxygen atoms in total. The van der Waals surface area contributed by atoms with Gasteiger partial charge in [-0.05, 0) is 29.7 Å². The highest BCUT2D eigenvalue weighted by Gasteiger charge is 2.20. The Labute approximate surface area is 125 Å². The van der Waals surface area contributed by atoms with E-state index in [-0.39, 0.29) is 17.7 Å². The van der Waals surface area contributed by atoms with Crippen LogP contribution in [-0.2, 0) is 11.3 Å². The van der Waals surface area contributed by atoms with Gasteiger partial charge in [-0.25, -0.2) is 0 Å². The Morgan fingerprint density at radius 2 is 2.19 bits per heavy atom. The van der Waals surface area contributed by atoms with Gasteiger partial charge in [0.1, 0.15) is 0 Å². The van der Waals surface area contributed by atoms with Crippen molar-refractivity contribution >= 4 is 11.6 Å². The van der Waals surface area contributed by atoms with Crippen LogP contribution in [0.15, 0.2) is 42.7 Å². The number of benzene rings is 1. The highest BCUT2D eigenvalue weighted by Crippen LogP contribution is 2.16. The number of nitrogens with zero attached hydrogens (tertiary/aromatic N) is 2. The van der Waals surface area contributed by atoms with Crippen LogP contribution in [0.4, 0.5) is 5.69 Å². The third kappa shape index (κ3) is 4.16. The average molecular weight is 286 g/mol. The van der Waals surface area contributed by atoms with E-state index in [1.54, 1.807) is 6.20 Å². The second kappa shape index (κ2) is 7.04. The largest absolute Gasteiger partial charge is 0.330 e. The van der Waals surface area contributed by atoms with Crippen LogP contribution >= 0.6 is 0 Å². The number of hydrogen-bond acceptors (Lipinski definition) is 3. The molecule has 1 amide bonds. The average Bonchev–Trinajstić information content (AvgIpc) is 2.92. The molecule has 1 heterocycles. The van der Waals surface area contributed by atoms with Crippen molar-refractivity contribution in [3.05, 3.63) is 48.3 Å². The van der Waals surface area contributed by atoms with E-state index in [0.717, 1.165) is 11.3 Å². The Morgan fingerprint density at radius 1 is 1.38 bits per heavy atom. The molecule has 0 aliphatic carbocycles. The first-order valence-electron chi connectivity index (χ1n) is 7.17. The normalized spacial score (nSPS) is 12.4. The van der Waals surface area contributed by atoms with Gasteiger partial charge in [-0.2, -0.15) is 5.10 Å². The van der Waals surface area contributed by atoms with E-state index < -0.39 is 0 Å². The summed E-state index contributed by atoms with van der Waals surface area (Å²) < 4.78 is 1.84. The Hall–Kier alpha value is -2.14. The lowest BCUT2D eigenvalue weighted by Crippen LogP contribution is -2.33. The molecule has 5 heteroatoms. The zero-order valence-corrected chi connectivity index (χ0v) is 12.5. The van der Waals surface area contributed by atoms with Gasteiger partial charge >= 0.3 is 0 Å². The highest BCUT2D eigenvalue weighted by molar-refractivity contribution is 5.92. The summed E-state index contributed by atoms with van der Waals surface area (Å²) in [6, 6.07) is 9.69. The van der Waals surface area contributed by atoms with Crippen LogP contribution < -0.4 is 11.1 Å². The first-order chi connectivity index (χ1) is 10.1. The molecular formula is C16H22N4O. The molecule has 1 atom stereocenters. The number of hydrogen-bond donors (Lipinski definition) is 2. The molecule has 0 spiro atoms. The molecule has 2 aromatic rings. The SMILES string of the molecule is CC(C)C(CN)C(=O)Nc1cccc(Cn2cccn2)c1. The summed E-state index contributed by atoms with van der Waals surface area (Å²) in [5.41, 5.74) is 7.56. The zero-order chi connectivity index (χ0) is 15.2. The first-order valence-corrected chi connectivity index (χ1v) is 7.17. The van der Waals surface area contributed by atoms with Crippen molar-refractivity contribution in [3.63, 3.8) is 0 Å². The van der Waals surface area contributed by atoms with Gasteiger partial charge in [0.2, 0.25) is 5.91 Å². The monoisotopic (exact) mass is 286 g/mol. The third-order valence-electron chi connectivity index (χ3n) is 3.49. The molecule has 0 aliphatic rings. The number of amides is 1. The molecule has 1 unspecified atom stereocenters. The fourth-order valence-electron chi connectivity index (χ4n) is 2.25. The molecule has 0 fully saturated rings. The van der Waals surface area contributed by atoms with Gasteiger partial charge in [0.05, 0.1) is 12.5 Å². The summed E-state index contributed by atoms with van der Waals surface area (Å²) in [7, 11) is 0. The zero-order valence-electron chi connectivity index (χ0n) is 12.5. The van der Waals surface area contributed by atoms with Crippen molar-refractivity contribution in [2.45, 2.75) is 20.4 Å². The van der Waals surface area contributed by atoms with Crippen molar-refractivity contribution in [1.82, 2.24) is 9.78 Å². The maximum Gasteiger partial charge on any atom is 0.229 e. The summed E-state index contributed by atoms with van der Waals surface area (Å²) in [6.45, 7) is 5.05. The lowest BCUT2D eigenvalue weighted by Gasteiger charge is -2.18. The Kier molecular flexibility index (Phi) is 5.11. The minimum Gasteiger partial charge on any atom is -0.330 e. The maximum atomic E-state index is 12.2. The van der Waals surface area contributed by atoms with Gasteiger partial charge in [0, 0.05) is 24.6 Å². The van der Waals surface area contributed by atoms with Gasteiger partial charge in [-0.3, -0.25) is 9.48 Å². The third-order valence-corrected chi connectivity index (χ3v) is 3.49. The summed E-state index contributed by atoms with van der Waals surface area (Å²) in [5, 5.41) is 7.13. The predicted octanol–water partition coefficient (Wildman–Crippen LogP) is 2.10. The molecule has 0 radical (unpaired) electrons. The number of carbonyl (C=O) groups is 1. The predicted molar refractivity (Wildman–Crippen MR) is 83.8 cm³/mol. The first kappa shape index (κ1) is 15.3. The van der Waals surface area contributed by atoms with Crippen LogP contribution in [-0.4, -0.2) is 22.2 Å². The summed E-state index contributed by atoms with van der Waals surface area (Å²) in [6.07, 6.45) is 3.66. The molecule has 0 aliphatic heterocycles. The molecule has 0 saturated heterocycles. The smallest absolute Gasteiger partial charge is 0.229 e. The standard InChI is InChI=1S/C16H22N4O/c1-12(2)15(10-17)16(21)19-14-6-3-5-13(9-14)11-20-8-4-7-18-20/h3-9,12,15H,10-11,17H2,1-2H3,(H,19,21). The molecule has 2 rings (SSSR count). The molecule has 1 aromatic carbocycles. The van der Waals surface area contributed by atoms with E-state index in [1.807, 2.05) is 55.1 Å². The number of rotatable bonds is 6. The van der Waals surface area contributed by atoms with Crippen LogP contribution in [0.25, 0.3) is 0 Å². The van der Waals surface area contributed by atoms with E-state index in [4.69, 9.17) is 5.73 Å². The van der Waals surface area contributed by atoms with Crippen LogP contribution in [0.2, 0.25) is 0 Å². The van der Waals surface area contributed by atoms with Gasteiger partial charge in [0.25, 0.3) is 0 Å². The number of carbonyl (C=O) groups excluding carboxylic acids is 1. The Bertz CT molecular complexity index is 578. The van der Waals surface area contributed by atoms with Crippen LogP contribution in [0, 0.1) is 11.8 Å². The fourth-order valence-corrected chi connectivity index (χ4v) is 2.25. The number of nitrogens with two attached hydrogens (primary N) is 1. The molecule has 1 aromatic heterocycles. The van der Waals surface area contributed by atoms with E-state index in [1.165, 1.54) is 0 Å². The Balaban J connectivity index is 2.05. The van der Waals surface area contributed by atoms with Gasteiger partial charge in [-0.15, -0.1) is 0 Å². The molecule has 0 bridgehead atoms. The lowest BCUT2D eigenvalue weighted by atomic mass is 9.95. The van der Waals surface area contributed by atoms with E-state index in [2.05, 4.69) is 10.4 Å². The van der Waals surface area contributed by atoms with Crippen molar-refractivity contribution in [2.75, 3.05) is 11.9 Å². The van der Waals surface area contributed by atoms with Crippen molar-refractivity contribution < 1.29 is 4.79 Å². The highest BCUT2D eigenvalue weighted by atomic mass is 16.1. The van der Waals surface area contributed by atoms with E-state index in [9.17, 15) is 4.79 Å². The summed E-state index contributed by atoms with van der Waals surface area (Å²) >= 11 is 0. The minimum atomic E-state index is -0.167. The second-order valence-electron chi connectivity index (χ2n) is 5.48. The molecule has 3 N–H and O–H groups in total. The summed E-state index contributed by atoms with van der Waals surface area (Å²) in [4.78, 5) is 12.2. The van der Waals surface area contributed by atoms with E-state index in [0.29, 0.717) is 13.1 Å². The second-order valence-corrected chi connectivity index (χ2v) is 5.48. The fraction of sp³-hybridized carbons (Fsp3) is 0.375. The number of aromatic nitrogens is 2. The van der Waals surface area contributed by atoms with Crippen LogP contribution in [0.3, 0.4) is 0 Å². The van der Waals surface area contributed by atoms with E-state index >= 15 is 0 Å². The van der Waals surface area contributed by atoms with Gasteiger partial charge < -0.3 is 11.1 Å². The number of nitrogens with one attached hydrogen (secondary N) is 1. The molecule has 112 valence electrons. The lowest BCUT2D eigenvalue weighted by molar-refractivity contribution is -0.120.